The van der Waals surface area contributed by atoms with Crippen molar-refractivity contribution in [3.8, 4) is 0 Å². The number of thiocarbonyl (C=S) groups is 2. The minimum absolute atomic E-state index is 0. The second-order valence-corrected chi connectivity index (χ2v) is 25.0. The standard InChI is InChI=1S/2C33H67NS2.Ni/c2*1-3-5-7-9-11-13-15-17-19-21-23-25-27-29-31-34(33(35)36)32-30-28-26-24-22-20-18-16-14-12-10-8-6-4-2;/h2*3-32H2,1-2H3,(H,35,36);/q;;+2/p-2. The maximum atomic E-state index is 5.36. The summed E-state index contributed by atoms with van der Waals surface area (Å²) in [7, 11) is 0. The topological polar surface area (TPSA) is 6.48 Å². The smallest absolute Gasteiger partial charge is 0.411 e. The first-order valence-corrected chi connectivity index (χ1v) is 35.0. The Morgan fingerprint density at radius 2 is 0.301 bits per heavy atom. The molecule has 0 aromatic rings. The van der Waals surface area contributed by atoms with Gasteiger partial charge in [-0.1, -0.05) is 370 Å². The Morgan fingerprint density at radius 3 is 0.397 bits per heavy atom. The van der Waals surface area contributed by atoms with Gasteiger partial charge in [-0.25, -0.2) is 0 Å². The Labute approximate surface area is 494 Å². The fourth-order valence-electron chi connectivity index (χ4n) is 10.6. The summed E-state index contributed by atoms with van der Waals surface area (Å²) in [5.41, 5.74) is 0. The molecule has 0 aliphatic carbocycles. The van der Waals surface area contributed by atoms with E-state index < -0.39 is 0 Å². The molecule has 7 heteroatoms. The summed E-state index contributed by atoms with van der Waals surface area (Å²) >= 11 is 21.4. The van der Waals surface area contributed by atoms with Crippen LogP contribution in [0, 0.1) is 0 Å². The molecule has 0 unspecified atom stereocenters. The van der Waals surface area contributed by atoms with Crippen molar-refractivity contribution in [3.05, 3.63) is 0 Å². The summed E-state index contributed by atoms with van der Waals surface area (Å²) in [5.74, 6) is 0. The van der Waals surface area contributed by atoms with Crippen LogP contribution in [0.1, 0.15) is 387 Å². The summed E-state index contributed by atoms with van der Waals surface area (Å²) in [6.07, 6.45) is 79.1. The van der Waals surface area contributed by atoms with E-state index in [1.165, 1.54) is 360 Å². The molecular formula is C66H132N2NiS4. The van der Waals surface area contributed by atoms with Crippen LogP contribution in [-0.2, 0) is 41.7 Å². The summed E-state index contributed by atoms with van der Waals surface area (Å²) in [6, 6.07) is 0. The van der Waals surface area contributed by atoms with Crippen LogP contribution in [-0.4, -0.2) is 44.6 Å². The van der Waals surface area contributed by atoms with Crippen LogP contribution in [0.25, 0.3) is 0 Å². The average Bonchev–Trinajstić information content (AvgIpc) is 3.37. The molecule has 0 fully saturated rings. The van der Waals surface area contributed by atoms with Crippen LogP contribution in [0.5, 0.6) is 0 Å². The first-order valence-electron chi connectivity index (χ1n) is 33.4. The van der Waals surface area contributed by atoms with Gasteiger partial charge in [-0.3, -0.25) is 0 Å². The Morgan fingerprint density at radius 1 is 0.205 bits per heavy atom. The SMILES string of the molecule is CCCCCCCCCCCCCCCCN(CCCCCCCCCCCCCCCC)C(=S)[S-].CCCCCCCCCCCCCCCCN(CCCCCCCCCCCCCCCC)C(=S)[S-].[Ni+2]. The zero-order valence-corrected chi connectivity index (χ0v) is 54.5. The van der Waals surface area contributed by atoms with E-state index >= 15 is 0 Å². The molecule has 0 spiro atoms. The average molecular weight is 1140 g/mol. The molecule has 0 N–H and O–H groups in total. The number of hydrogen-bond acceptors (Lipinski definition) is 4. The third-order valence-corrected chi connectivity index (χ3v) is 16.7. The zero-order valence-electron chi connectivity index (χ0n) is 50.3. The molecule has 0 amide bonds. The van der Waals surface area contributed by atoms with E-state index in [9.17, 15) is 0 Å². The molecule has 0 heterocycles. The summed E-state index contributed by atoms with van der Waals surface area (Å²) in [6.45, 7) is 13.5. The van der Waals surface area contributed by atoms with Crippen molar-refractivity contribution in [2.45, 2.75) is 387 Å². The maximum Gasteiger partial charge on any atom is 2.00 e. The van der Waals surface area contributed by atoms with Gasteiger partial charge in [-0.15, -0.1) is 0 Å². The molecule has 73 heavy (non-hydrogen) atoms. The molecule has 440 valence electrons. The quantitative estimate of drug-likeness (QED) is 0.0257. The minimum atomic E-state index is 0. The van der Waals surface area contributed by atoms with E-state index in [1.54, 1.807) is 0 Å². The van der Waals surface area contributed by atoms with E-state index in [-0.39, 0.29) is 16.5 Å². The molecule has 0 rings (SSSR count). The molecule has 0 radical (unpaired) electrons. The van der Waals surface area contributed by atoms with E-state index in [0.717, 1.165) is 26.2 Å². The second kappa shape index (κ2) is 70.7. The molecule has 0 aromatic carbocycles. The van der Waals surface area contributed by atoms with Crippen LogP contribution in [0.4, 0.5) is 0 Å². The molecule has 0 aliphatic rings. The van der Waals surface area contributed by atoms with Gasteiger partial charge >= 0.3 is 16.5 Å². The summed E-state index contributed by atoms with van der Waals surface area (Å²) in [4.78, 5) is 4.59. The van der Waals surface area contributed by atoms with Crippen LogP contribution in [0.3, 0.4) is 0 Å². The van der Waals surface area contributed by atoms with Crippen LogP contribution in [0.2, 0.25) is 0 Å². The van der Waals surface area contributed by atoms with Gasteiger partial charge < -0.3 is 59.5 Å². The third kappa shape index (κ3) is 68.8. The van der Waals surface area contributed by atoms with Crippen molar-refractivity contribution in [2.75, 3.05) is 26.2 Å². The fraction of sp³-hybridized carbons (Fsp3) is 0.970. The number of nitrogens with zero attached hydrogens (tertiary/aromatic N) is 2. The molecule has 0 atom stereocenters. The number of unbranched alkanes of at least 4 members (excludes halogenated alkanes) is 52. The molecule has 0 aromatic heterocycles. The van der Waals surface area contributed by atoms with Crippen molar-refractivity contribution in [1.29, 1.82) is 0 Å². The number of hydrogen-bond donors (Lipinski definition) is 0. The summed E-state index contributed by atoms with van der Waals surface area (Å²) in [5, 5.41) is 0. The van der Waals surface area contributed by atoms with Gasteiger partial charge in [0.25, 0.3) is 0 Å². The molecule has 0 saturated heterocycles. The van der Waals surface area contributed by atoms with E-state index in [0.29, 0.717) is 8.64 Å². The fourth-order valence-corrected chi connectivity index (χ4v) is 11.3. The van der Waals surface area contributed by atoms with Crippen molar-refractivity contribution < 1.29 is 16.5 Å². The van der Waals surface area contributed by atoms with Gasteiger partial charge in [-0.2, -0.15) is 0 Å². The first kappa shape index (κ1) is 77.9. The molecule has 0 saturated carbocycles. The Bertz CT molecular complexity index is 873. The van der Waals surface area contributed by atoms with Crippen LogP contribution in [0.15, 0.2) is 0 Å². The van der Waals surface area contributed by atoms with E-state index in [2.05, 4.69) is 37.5 Å². The normalized spacial score (nSPS) is 11.1. The van der Waals surface area contributed by atoms with Gasteiger partial charge in [0.05, 0.1) is 0 Å². The summed E-state index contributed by atoms with van der Waals surface area (Å²) < 4.78 is 1.39. The Balaban J connectivity index is -0.00000132. The van der Waals surface area contributed by atoms with Crippen molar-refractivity contribution in [3.63, 3.8) is 0 Å². The van der Waals surface area contributed by atoms with E-state index in [4.69, 9.17) is 49.7 Å². The van der Waals surface area contributed by atoms with Gasteiger partial charge in [-0.05, 0) is 25.7 Å². The monoisotopic (exact) mass is 1140 g/mol. The minimum Gasteiger partial charge on any atom is -0.411 e. The third-order valence-electron chi connectivity index (χ3n) is 15.6. The van der Waals surface area contributed by atoms with Crippen molar-refractivity contribution in [2.24, 2.45) is 0 Å². The maximum absolute atomic E-state index is 5.36. The van der Waals surface area contributed by atoms with Gasteiger partial charge in [0.2, 0.25) is 0 Å². The first-order chi connectivity index (χ1) is 35.4. The second-order valence-electron chi connectivity index (χ2n) is 22.9. The Hall–Kier alpha value is 0.714. The largest absolute Gasteiger partial charge is 2.00 e. The van der Waals surface area contributed by atoms with Gasteiger partial charge in [0.15, 0.2) is 0 Å². The predicted octanol–water partition coefficient (Wildman–Crippen LogP) is 24.2. The molecular weight excluding hydrogens is 1010 g/mol. The van der Waals surface area contributed by atoms with Gasteiger partial charge in [0.1, 0.15) is 0 Å². The predicted molar refractivity (Wildman–Crippen MR) is 344 cm³/mol. The van der Waals surface area contributed by atoms with Crippen LogP contribution >= 0.6 is 24.4 Å². The molecule has 0 aliphatic heterocycles. The molecule has 2 nitrogen and oxygen atoms in total. The Kier molecular flexibility index (Phi) is 75.5. The zero-order chi connectivity index (χ0) is 52.7. The van der Waals surface area contributed by atoms with Crippen LogP contribution < -0.4 is 0 Å². The van der Waals surface area contributed by atoms with E-state index in [1.807, 2.05) is 0 Å². The number of rotatable bonds is 60. The van der Waals surface area contributed by atoms with Gasteiger partial charge in [0, 0.05) is 26.2 Å². The van der Waals surface area contributed by atoms with Crippen molar-refractivity contribution >= 4 is 58.3 Å². The molecule has 0 bridgehead atoms. The van der Waals surface area contributed by atoms with Crippen molar-refractivity contribution in [1.82, 2.24) is 9.80 Å².